The molecule has 1 atom stereocenters. The van der Waals surface area contributed by atoms with E-state index in [1.54, 1.807) is 0 Å². The molecule has 3 rings (SSSR count). The van der Waals surface area contributed by atoms with E-state index in [1.807, 2.05) is 25.1 Å². The molecule has 2 heterocycles. The van der Waals surface area contributed by atoms with E-state index in [1.165, 1.54) is 6.21 Å². The van der Waals surface area contributed by atoms with Gasteiger partial charge >= 0.3 is 0 Å². The second kappa shape index (κ2) is 10.6. The van der Waals surface area contributed by atoms with Crippen LogP contribution in [0.3, 0.4) is 0 Å². The third-order valence-corrected chi connectivity index (χ3v) is 5.02. The first-order valence-electron chi connectivity index (χ1n) is 10.7. The number of nitrogens with two attached hydrogens (primary N) is 1. The monoisotopic (exact) mass is 427 g/mol. The Morgan fingerprint density at radius 1 is 1.29 bits per heavy atom. The van der Waals surface area contributed by atoms with E-state index >= 15 is 0 Å². The molecule has 0 aliphatic carbocycles. The second-order valence-corrected chi connectivity index (χ2v) is 8.07. The van der Waals surface area contributed by atoms with Gasteiger partial charge in [0.05, 0.1) is 30.2 Å². The maximum atomic E-state index is 9.73. The van der Waals surface area contributed by atoms with Crippen LogP contribution in [0, 0.1) is 12.3 Å². The van der Waals surface area contributed by atoms with Crippen LogP contribution in [0.25, 0.3) is 11.3 Å². The largest absolute Gasteiger partial charge is 0.491 e. The number of hydrogen-bond donors (Lipinski definition) is 4. The second-order valence-electron chi connectivity index (χ2n) is 8.07. The lowest BCUT2D eigenvalue weighted by atomic mass is 10.0. The summed E-state index contributed by atoms with van der Waals surface area (Å²) < 4.78 is 11.3. The number of pyridine rings is 1. The minimum atomic E-state index is -0.705. The lowest BCUT2D eigenvalue weighted by Crippen LogP contribution is -2.37. The number of hydrogen-bond acceptors (Lipinski definition) is 8. The number of aryl methyl sites for hydroxylation is 1. The third-order valence-electron chi connectivity index (χ3n) is 5.02. The van der Waals surface area contributed by atoms with Crippen LogP contribution in [0.15, 0.2) is 24.3 Å². The number of nitrogens with one attached hydrogen (secondary N) is 2. The highest BCUT2D eigenvalue weighted by atomic mass is 16.5. The van der Waals surface area contributed by atoms with Gasteiger partial charge in [-0.2, -0.15) is 0 Å². The Kier molecular flexibility index (Phi) is 7.84. The van der Waals surface area contributed by atoms with Gasteiger partial charge in [-0.1, -0.05) is 0 Å². The Morgan fingerprint density at radius 3 is 2.68 bits per heavy atom. The summed E-state index contributed by atoms with van der Waals surface area (Å²) in [5.41, 5.74) is 9.95. The maximum Gasteiger partial charge on any atom is 0.137 e. The van der Waals surface area contributed by atoms with Crippen LogP contribution >= 0.6 is 0 Å². The van der Waals surface area contributed by atoms with Crippen molar-refractivity contribution in [3.05, 3.63) is 35.4 Å². The van der Waals surface area contributed by atoms with E-state index in [0.717, 1.165) is 41.2 Å². The average molecular weight is 428 g/mol. The quantitative estimate of drug-likeness (QED) is 0.454. The summed E-state index contributed by atoms with van der Waals surface area (Å²) in [7, 11) is 0. The molecule has 0 saturated carbocycles. The SMILES string of the molecule is Cc1cc(OCC(O)CN)cc(-c2cc(N3CCOCC3)c(C=N)c(NC(C)C)n2)c1. The molecule has 31 heavy (non-hydrogen) atoms. The van der Waals surface area contributed by atoms with Gasteiger partial charge in [0.2, 0.25) is 0 Å². The van der Waals surface area contributed by atoms with Gasteiger partial charge in [-0.25, -0.2) is 4.98 Å². The zero-order chi connectivity index (χ0) is 22.4. The Labute approximate surface area is 183 Å². The first-order chi connectivity index (χ1) is 14.9. The van der Waals surface area contributed by atoms with Gasteiger partial charge in [0.1, 0.15) is 24.3 Å². The minimum Gasteiger partial charge on any atom is -0.491 e. The first kappa shape index (κ1) is 23.0. The lowest BCUT2D eigenvalue weighted by molar-refractivity contribution is 0.114. The molecule has 1 saturated heterocycles. The molecule has 168 valence electrons. The van der Waals surface area contributed by atoms with Crippen molar-refractivity contribution in [2.75, 3.05) is 49.7 Å². The Balaban J connectivity index is 2.05. The van der Waals surface area contributed by atoms with Crippen LogP contribution in [0.1, 0.15) is 25.0 Å². The molecule has 1 aliphatic rings. The fraction of sp³-hybridized carbons (Fsp3) is 0.478. The maximum absolute atomic E-state index is 9.73. The van der Waals surface area contributed by atoms with Gasteiger partial charge in [0.25, 0.3) is 0 Å². The van der Waals surface area contributed by atoms with Crippen molar-refractivity contribution in [2.45, 2.75) is 32.9 Å². The number of anilines is 2. The van der Waals surface area contributed by atoms with Crippen LogP contribution in [0.4, 0.5) is 11.5 Å². The zero-order valence-electron chi connectivity index (χ0n) is 18.5. The highest BCUT2D eigenvalue weighted by Gasteiger charge is 2.20. The van der Waals surface area contributed by atoms with Crippen LogP contribution in [-0.4, -0.2) is 67.9 Å². The van der Waals surface area contributed by atoms with Crippen LogP contribution in [0.5, 0.6) is 5.75 Å². The highest BCUT2D eigenvalue weighted by Crippen LogP contribution is 2.33. The van der Waals surface area contributed by atoms with Crippen molar-refractivity contribution in [1.82, 2.24) is 4.98 Å². The van der Waals surface area contributed by atoms with Crippen molar-refractivity contribution in [3.8, 4) is 17.0 Å². The summed E-state index contributed by atoms with van der Waals surface area (Å²) >= 11 is 0. The van der Waals surface area contributed by atoms with Gasteiger partial charge in [-0.3, -0.25) is 0 Å². The van der Waals surface area contributed by atoms with E-state index in [4.69, 9.17) is 25.6 Å². The van der Waals surface area contributed by atoms with Crippen LogP contribution < -0.4 is 20.7 Å². The van der Waals surface area contributed by atoms with Crippen molar-refractivity contribution in [3.63, 3.8) is 0 Å². The number of aromatic nitrogens is 1. The standard InChI is InChI=1S/C23H33N5O3/c1-15(2)26-23-20(13-25)22(28-4-6-30-7-5-28)11-21(27-23)17-8-16(3)9-19(10-17)31-14-18(29)12-24/h8-11,13,15,18,25,29H,4-7,12,14,24H2,1-3H3,(H,26,27). The predicted octanol–water partition coefficient (Wildman–Crippen LogP) is 2.41. The molecule has 1 unspecified atom stereocenters. The van der Waals surface area contributed by atoms with Crippen LogP contribution in [0.2, 0.25) is 0 Å². The third kappa shape index (κ3) is 5.94. The van der Waals surface area contributed by atoms with Crippen LogP contribution in [-0.2, 0) is 4.74 Å². The summed E-state index contributed by atoms with van der Waals surface area (Å²) in [6, 6.07) is 8.11. The Hall–Kier alpha value is -2.68. The average Bonchev–Trinajstić information content (AvgIpc) is 2.76. The van der Waals surface area contributed by atoms with E-state index < -0.39 is 6.10 Å². The summed E-state index contributed by atoms with van der Waals surface area (Å²) in [6.45, 7) is 9.25. The number of ether oxygens (including phenoxy) is 2. The normalized spacial score (nSPS) is 15.1. The Bertz CT molecular complexity index is 897. The van der Waals surface area contributed by atoms with E-state index in [9.17, 15) is 5.11 Å². The number of rotatable bonds is 9. The zero-order valence-corrected chi connectivity index (χ0v) is 18.5. The molecule has 8 heteroatoms. The molecule has 0 bridgehead atoms. The molecule has 1 aliphatic heterocycles. The molecular formula is C23H33N5O3. The predicted molar refractivity (Wildman–Crippen MR) is 125 cm³/mol. The van der Waals surface area contributed by atoms with Gasteiger partial charge in [-0.15, -0.1) is 0 Å². The molecule has 2 aromatic rings. The number of morpholine rings is 1. The summed E-state index contributed by atoms with van der Waals surface area (Å²) in [4.78, 5) is 7.10. The fourth-order valence-corrected chi connectivity index (χ4v) is 3.52. The van der Waals surface area contributed by atoms with E-state index in [-0.39, 0.29) is 19.2 Å². The molecule has 0 radical (unpaired) electrons. The van der Waals surface area contributed by atoms with Gasteiger partial charge in [0.15, 0.2) is 0 Å². The van der Waals surface area contributed by atoms with Crippen molar-refractivity contribution in [1.29, 1.82) is 5.41 Å². The smallest absolute Gasteiger partial charge is 0.137 e. The summed E-state index contributed by atoms with van der Waals surface area (Å²) in [6.07, 6.45) is 0.661. The number of benzene rings is 1. The van der Waals surface area contributed by atoms with Gasteiger partial charge < -0.3 is 35.9 Å². The summed E-state index contributed by atoms with van der Waals surface area (Å²) in [5, 5.41) is 21.1. The summed E-state index contributed by atoms with van der Waals surface area (Å²) in [5.74, 6) is 1.35. The Morgan fingerprint density at radius 2 is 2.03 bits per heavy atom. The topological polar surface area (TPSA) is 117 Å². The van der Waals surface area contributed by atoms with Crippen molar-refractivity contribution >= 4 is 17.7 Å². The highest BCUT2D eigenvalue weighted by molar-refractivity contribution is 5.94. The lowest BCUT2D eigenvalue weighted by Gasteiger charge is -2.31. The van der Waals surface area contributed by atoms with Gasteiger partial charge in [-0.05, 0) is 50.6 Å². The fourth-order valence-electron chi connectivity index (χ4n) is 3.52. The molecule has 1 aromatic carbocycles. The van der Waals surface area contributed by atoms with Crippen molar-refractivity contribution < 1.29 is 14.6 Å². The molecular weight excluding hydrogens is 394 g/mol. The molecule has 0 spiro atoms. The molecule has 8 nitrogen and oxygen atoms in total. The van der Waals surface area contributed by atoms with E-state index in [0.29, 0.717) is 24.8 Å². The minimum absolute atomic E-state index is 0.138. The first-order valence-corrected chi connectivity index (χ1v) is 10.7. The molecule has 5 N–H and O–H groups in total. The van der Waals surface area contributed by atoms with E-state index in [2.05, 4.69) is 30.1 Å². The van der Waals surface area contributed by atoms with Gasteiger partial charge in [0, 0.05) is 37.5 Å². The number of aliphatic hydroxyl groups is 1. The molecule has 0 amide bonds. The number of aliphatic hydroxyl groups excluding tert-OH is 1. The molecule has 1 aromatic heterocycles. The number of nitrogens with zero attached hydrogens (tertiary/aromatic N) is 2. The van der Waals surface area contributed by atoms with Crippen molar-refractivity contribution in [2.24, 2.45) is 5.73 Å². The molecule has 1 fully saturated rings.